The number of hydrogen-bond acceptors (Lipinski definition) is 3. The first kappa shape index (κ1) is 91.4. The molecule has 0 bridgehead atoms. The van der Waals surface area contributed by atoms with Crippen molar-refractivity contribution in [2.24, 2.45) is 0 Å². The topological polar surface area (TPSA) is 0 Å². The molecule has 0 radical (unpaired) electrons. The van der Waals surface area contributed by atoms with E-state index in [4.69, 9.17) is 0 Å². The van der Waals surface area contributed by atoms with Crippen LogP contribution in [-0.2, 0) is 0 Å². The van der Waals surface area contributed by atoms with Crippen LogP contribution in [0.25, 0.3) is 0 Å². The predicted octanol–water partition coefficient (Wildman–Crippen LogP) is 29.1. The van der Waals surface area contributed by atoms with E-state index in [-0.39, 0.29) is 0 Å². The SMILES string of the molecule is CB(c1cc(C)cc(C)c1)c1cc(C)cc(C)c1.CB(c1ccccc1)c1ccccc1.CC(C)c1cc(Pc2cc(C(C)C)cc(C(C)C)c2)cc(C(C)C)c1.CC(C)c1cc(Sc2cc(C(C)C)cc(C(C)C)c2)cc(C(C)C)c1.Cc1cc(C)cc(Sc2cc(C)cc(C)c2)c1.c1ccc(Sc2ccccc2)cc1. The van der Waals surface area contributed by atoms with Gasteiger partial charge in [0, 0.05) is 29.4 Å². The molecule has 584 valence electrons. The van der Waals surface area contributed by atoms with Crippen LogP contribution in [0.5, 0.6) is 0 Å². The Labute approximate surface area is 696 Å². The van der Waals surface area contributed by atoms with Gasteiger partial charge in [-0.3, -0.25) is 0 Å². The molecular weight excluding hydrogens is 1420 g/mol. The van der Waals surface area contributed by atoms with Crippen molar-refractivity contribution < 1.29 is 0 Å². The fourth-order valence-corrected chi connectivity index (χ4v) is 17.9. The zero-order valence-electron chi connectivity index (χ0n) is 72.9. The lowest BCUT2D eigenvalue weighted by Gasteiger charge is -2.17. The van der Waals surface area contributed by atoms with Crippen LogP contribution in [0.15, 0.2) is 296 Å². The third kappa shape index (κ3) is 30.9. The highest BCUT2D eigenvalue weighted by atomic mass is 32.2. The Bertz CT molecular complexity index is 4230. The largest absolute Gasteiger partial charge is 0.206 e. The summed E-state index contributed by atoms with van der Waals surface area (Å²) in [5, 5.41) is 2.95. The van der Waals surface area contributed by atoms with Gasteiger partial charge in [0.25, 0.3) is 0 Å². The van der Waals surface area contributed by atoms with Crippen molar-refractivity contribution in [2.75, 3.05) is 0 Å². The van der Waals surface area contributed by atoms with Crippen molar-refractivity contribution in [2.45, 2.75) is 257 Å². The molecule has 0 fully saturated rings. The van der Waals surface area contributed by atoms with E-state index < -0.39 is 0 Å². The third-order valence-corrected chi connectivity index (χ3v) is 24.2. The number of rotatable bonds is 20. The zero-order chi connectivity index (χ0) is 81.9. The van der Waals surface area contributed by atoms with Gasteiger partial charge in [0.1, 0.15) is 0 Å². The highest BCUT2D eigenvalue weighted by molar-refractivity contribution is 7.99. The summed E-state index contributed by atoms with van der Waals surface area (Å²) in [5.74, 6) is 4.56. The monoisotopic (exact) mass is 1550 g/mol. The second-order valence-corrected chi connectivity index (χ2v) is 38.3. The van der Waals surface area contributed by atoms with Crippen LogP contribution in [0.2, 0.25) is 13.6 Å². The van der Waals surface area contributed by atoms with Gasteiger partial charge in [0.15, 0.2) is 0 Å². The molecule has 0 saturated carbocycles. The molecule has 112 heavy (non-hydrogen) atoms. The maximum Gasteiger partial charge on any atom is 0.206 e. The predicted molar refractivity (Wildman–Crippen MR) is 510 cm³/mol. The highest BCUT2D eigenvalue weighted by Gasteiger charge is 2.18. The molecule has 12 aromatic carbocycles. The summed E-state index contributed by atoms with van der Waals surface area (Å²) >= 11 is 5.55. The summed E-state index contributed by atoms with van der Waals surface area (Å²) in [6.45, 7) is 59.4. The van der Waals surface area contributed by atoms with Crippen LogP contribution in [-0.4, -0.2) is 13.4 Å². The van der Waals surface area contributed by atoms with E-state index in [0.717, 1.165) is 8.58 Å². The first-order valence-electron chi connectivity index (χ1n) is 41.1. The molecule has 6 heteroatoms. The van der Waals surface area contributed by atoms with Crippen molar-refractivity contribution in [3.05, 3.63) is 356 Å². The minimum Gasteiger partial charge on any atom is -0.0901 e. The normalized spacial score (nSPS) is 11.0. The van der Waals surface area contributed by atoms with Crippen LogP contribution < -0.4 is 32.5 Å². The molecule has 0 nitrogen and oxygen atoms in total. The molecule has 0 amide bonds. The lowest BCUT2D eigenvalue weighted by molar-refractivity contribution is 0.824. The molecule has 0 heterocycles. The molecule has 0 N–H and O–H groups in total. The summed E-state index contributed by atoms with van der Waals surface area (Å²) in [5.41, 5.74) is 27.9. The Morgan fingerprint density at radius 1 is 0.196 bits per heavy atom. The average Bonchev–Trinajstić information content (AvgIpc) is 0.818. The molecule has 0 aliphatic carbocycles. The van der Waals surface area contributed by atoms with Gasteiger partial charge in [-0.25, -0.2) is 0 Å². The maximum absolute atomic E-state index is 2.42. The maximum atomic E-state index is 2.42. The Morgan fingerprint density at radius 2 is 0.384 bits per heavy atom. The van der Waals surface area contributed by atoms with E-state index >= 15 is 0 Å². The van der Waals surface area contributed by atoms with Gasteiger partial charge in [0.05, 0.1) is 0 Å². The van der Waals surface area contributed by atoms with Crippen molar-refractivity contribution in [3.63, 3.8) is 0 Å². The van der Waals surface area contributed by atoms with Crippen molar-refractivity contribution in [3.8, 4) is 0 Å². The van der Waals surface area contributed by atoms with E-state index in [9.17, 15) is 0 Å². The van der Waals surface area contributed by atoms with Crippen molar-refractivity contribution >= 4 is 89.8 Å². The molecule has 0 aromatic heterocycles. The Kier molecular flexibility index (Phi) is 37.0. The third-order valence-electron chi connectivity index (χ3n) is 20.2. The Hall–Kier alpha value is -7.75. The van der Waals surface area contributed by atoms with E-state index in [0.29, 0.717) is 60.8 Å². The van der Waals surface area contributed by atoms with Crippen molar-refractivity contribution in [1.82, 2.24) is 0 Å². The number of aryl methyl sites for hydroxylation is 8. The molecule has 12 aromatic rings. The molecule has 0 spiro atoms. The first-order chi connectivity index (χ1) is 53.1. The summed E-state index contributed by atoms with van der Waals surface area (Å²) < 4.78 is 0. The van der Waals surface area contributed by atoms with Gasteiger partial charge in [-0.15, -0.1) is 0 Å². The molecule has 0 aliphatic heterocycles. The average molecular weight is 1550 g/mol. The lowest BCUT2D eigenvalue weighted by atomic mass is 9.42. The standard InChI is InChI=1S/C24H35P.C24H34S.C17H21B.C16H18S.C13H13B.C12H10S/c2*1-15(2)19-9-20(16(3)4)12-23(11-19)25-24-13-21(17(5)6)10-22(14-24)18(7)8;1-12-6-13(2)9-16(8-12)18(5)17-10-14(3)7-15(4)11-17;1-11-5-12(2)8-15(7-11)17-16-9-13(3)6-14(4)10-16;1-14(12-8-4-2-5-9-12)13-10-6-3-7-11-13;1-3-7-11(8-4-1)13-12-9-5-2-6-10-12/h9-18,25H,1-8H3;9-18H,1-8H3;6-11H,1-5H3;5-10H,1-4H3;2-11H,1H3;1-10H. The summed E-state index contributed by atoms with van der Waals surface area (Å²) in [6.07, 6.45) is 0. The highest BCUT2D eigenvalue weighted by Crippen LogP contribution is 2.37. The summed E-state index contributed by atoms with van der Waals surface area (Å²) in [6, 6.07) is 97.8. The van der Waals surface area contributed by atoms with Gasteiger partial charge < -0.3 is 0 Å². The van der Waals surface area contributed by atoms with Gasteiger partial charge in [-0.05, 0) is 253 Å². The first-order valence-corrected chi connectivity index (χ1v) is 44.5. The fourth-order valence-electron chi connectivity index (χ4n) is 13.5. The second kappa shape index (κ2) is 45.4. The molecule has 0 saturated heterocycles. The minimum atomic E-state index is 0.460. The van der Waals surface area contributed by atoms with Crippen molar-refractivity contribution in [1.29, 1.82) is 0 Å². The molecule has 0 unspecified atom stereocenters. The van der Waals surface area contributed by atoms with E-state index in [1.165, 1.54) is 151 Å². The van der Waals surface area contributed by atoms with Gasteiger partial charge in [-0.2, -0.15) is 0 Å². The minimum absolute atomic E-state index is 0.460. The number of benzene rings is 12. The summed E-state index contributed by atoms with van der Waals surface area (Å²) in [4.78, 5) is 7.96. The van der Waals surface area contributed by atoms with Crippen LogP contribution >= 0.6 is 43.9 Å². The van der Waals surface area contributed by atoms with Gasteiger partial charge in [0.2, 0.25) is 13.4 Å². The molecule has 12 rings (SSSR count). The molecular formula is C106H131B2PS3. The van der Waals surface area contributed by atoms with Crippen LogP contribution in [0.1, 0.15) is 247 Å². The van der Waals surface area contributed by atoms with E-state index in [1.807, 2.05) is 35.7 Å². The zero-order valence-corrected chi connectivity index (χ0v) is 76.4. The van der Waals surface area contributed by atoms with Gasteiger partial charge in [-0.1, -0.05) is 407 Å². The van der Waals surface area contributed by atoms with Crippen LogP contribution in [0, 0.1) is 55.4 Å². The molecule has 0 atom stereocenters. The Balaban J connectivity index is 0.000000189. The van der Waals surface area contributed by atoms with Crippen LogP contribution in [0.3, 0.4) is 0 Å². The smallest absolute Gasteiger partial charge is 0.0901 e. The van der Waals surface area contributed by atoms with Crippen LogP contribution in [0.4, 0.5) is 0 Å². The number of hydrogen-bond donors (Lipinski definition) is 0. The van der Waals surface area contributed by atoms with E-state index in [1.54, 1.807) is 11.8 Å². The quantitative estimate of drug-likeness (QED) is 0.0551. The molecule has 0 aliphatic rings. The van der Waals surface area contributed by atoms with E-state index in [2.05, 4.69) is 435 Å². The lowest BCUT2D eigenvalue weighted by Crippen LogP contribution is -2.39. The summed E-state index contributed by atoms with van der Waals surface area (Å²) in [7, 11) is 0.733. The second-order valence-electron chi connectivity index (χ2n) is 33.5. The fraction of sp³-hybridized carbons (Fsp3) is 0.321. The Morgan fingerprint density at radius 3 is 0.616 bits per heavy atom. The van der Waals surface area contributed by atoms with Gasteiger partial charge >= 0.3 is 0 Å².